The second-order valence-corrected chi connectivity index (χ2v) is 4.33. The minimum Gasteiger partial charge on any atom is -0.399 e. The average Bonchev–Trinajstić information content (AvgIpc) is 2.82. The molecule has 4 heteroatoms. The molecule has 1 amide bonds. The normalized spacial score (nSPS) is 15.2. The number of hydrogen-bond donors (Lipinski definition) is 1. The van der Waals surface area contributed by atoms with Gasteiger partial charge >= 0.3 is 0 Å². The molecule has 1 aliphatic heterocycles. The van der Waals surface area contributed by atoms with Crippen LogP contribution in [0.5, 0.6) is 0 Å². The summed E-state index contributed by atoms with van der Waals surface area (Å²) in [6, 6.07) is 7.52. The lowest BCUT2D eigenvalue weighted by atomic mass is 10.2. The summed E-state index contributed by atoms with van der Waals surface area (Å²) in [7, 11) is 0. The number of rotatable bonds is 4. The molecule has 0 radical (unpaired) electrons. The van der Waals surface area contributed by atoms with E-state index in [-0.39, 0.29) is 12.5 Å². The number of amides is 1. The van der Waals surface area contributed by atoms with Crippen molar-refractivity contribution in [2.24, 2.45) is 0 Å². The van der Waals surface area contributed by atoms with Crippen molar-refractivity contribution < 1.29 is 9.53 Å². The van der Waals surface area contributed by atoms with Gasteiger partial charge in [0.25, 0.3) is 0 Å². The Morgan fingerprint density at radius 3 is 2.82 bits per heavy atom. The molecule has 2 rings (SSSR count). The number of hydrogen-bond acceptors (Lipinski definition) is 3. The van der Waals surface area contributed by atoms with E-state index >= 15 is 0 Å². The summed E-state index contributed by atoms with van der Waals surface area (Å²) in [6.45, 7) is 2.35. The highest BCUT2D eigenvalue weighted by Gasteiger charge is 2.17. The fourth-order valence-corrected chi connectivity index (χ4v) is 2.00. The van der Waals surface area contributed by atoms with Gasteiger partial charge in [0.15, 0.2) is 0 Å². The molecule has 17 heavy (non-hydrogen) atoms. The smallest absolute Gasteiger partial charge is 0.248 e. The van der Waals surface area contributed by atoms with Gasteiger partial charge in [0.1, 0.15) is 6.61 Å². The maximum atomic E-state index is 11.7. The first-order valence-corrected chi connectivity index (χ1v) is 5.95. The molecule has 0 bridgehead atoms. The number of ether oxygens (including phenoxy) is 1. The molecule has 1 aromatic rings. The zero-order valence-electron chi connectivity index (χ0n) is 9.89. The molecule has 1 fully saturated rings. The lowest BCUT2D eigenvalue weighted by molar-refractivity contribution is -0.135. The molecule has 1 heterocycles. The Bertz CT molecular complexity index is 387. The van der Waals surface area contributed by atoms with Crippen molar-refractivity contribution in [1.29, 1.82) is 0 Å². The summed E-state index contributed by atoms with van der Waals surface area (Å²) in [5, 5.41) is 0. The van der Waals surface area contributed by atoms with Crippen molar-refractivity contribution in [3.05, 3.63) is 29.8 Å². The van der Waals surface area contributed by atoms with Crippen LogP contribution in [0, 0.1) is 0 Å². The van der Waals surface area contributed by atoms with Crippen LogP contribution in [0.4, 0.5) is 5.69 Å². The molecular weight excluding hydrogens is 216 g/mol. The van der Waals surface area contributed by atoms with Crippen molar-refractivity contribution >= 4 is 11.6 Å². The van der Waals surface area contributed by atoms with Crippen LogP contribution in [0.2, 0.25) is 0 Å². The molecule has 92 valence electrons. The van der Waals surface area contributed by atoms with Crippen molar-refractivity contribution in [3.63, 3.8) is 0 Å². The lowest BCUT2D eigenvalue weighted by Crippen LogP contribution is -2.31. The maximum Gasteiger partial charge on any atom is 0.248 e. The van der Waals surface area contributed by atoms with E-state index in [1.807, 2.05) is 29.2 Å². The van der Waals surface area contributed by atoms with Crippen LogP contribution in [-0.4, -0.2) is 30.5 Å². The van der Waals surface area contributed by atoms with Crippen LogP contribution < -0.4 is 5.73 Å². The number of nitrogens with zero attached hydrogens (tertiary/aromatic N) is 1. The Morgan fingerprint density at radius 1 is 1.35 bits per heavy atom. The Kier molecular flexibility index (Phi) is 3.98. The number of nitrogens with two attached hydrogens (primary N) is 1. The van der Waals surface area contributed by atoms with Crippen LogP contribution in [0.15, 0.2) is 24.3 Å². The molecule has 0 aromatic heterocycles. The summed E-state index contributed by atoms with van der Waals surface area (Å²) in [5.41, 5.74) is 7.38. The Labute approximate surface area is 101 Å². The van der Waals surface area contributed by atoms with Crippen LogP contribution in [0.3, 0.4) is 0 Å². The fraction of sp³-hybridized carbons (Fsp3) is 0.462. The first kappa shape index (κ1) is 11.9. The van der Waals surface area contributed by atoms with E-state index in [1.165, 1.54) is 0 Å². The summed E-state index contributed by atoms with van der Waals surface area (Å²) in [6.07, 6.45) is 2.22. The van der Waals surface area contributed by atoms with Crippen molar-refractivity contribution in [1.82, 2.24) is 4.90 Å². The van der Waals surface area contributed by atoms with Crippen LogP contribution in [-0.2, 0) is 16.1 Å². The quantitative estimate of drug-likeness (QED) is 0.801. The van der Waals surface area contributed by atoms with E-state index < -0.39 is 0 Å². The van der Waals surface area contributed by atoms with Gasteiger partial charge in [0, 0.05) is 18.8 Å². The minimum atomic E-state index is 0.0893. The largest absolute Gasteiger partial charge is 0.399 e. The SMILES string of the molecule is Nc1cccc(COCC(=O)N2CCCC2)c1. The summed E-state index contributed by atoms with van der Waals surface area (Å²) >= 11 is 0. The lowest BCUT2D eigenvalue weighted by Gasteiger charge is -2.15. The van der Waals surface area contributed by atoms with Crippen LogP contribution >= 0.6 is 0 Å². The van der Waals surface area contributed by atoms with E-state index in [9.17, 15) is 4.79 Å². The van der Waals surface area contributed by atoms with Gasteiger partial charge in [0.05, 0.1) is 6.61 Å². The van der Waals surface area contributed by atoms with Gasteiger partial charge in [0.2, 0.25) is 5.91 Å². The first-order valence-electron chi connectivity index (χ1n) is 5.95. The van der Waals surface area contributed by atoms with Crippen molar-refractivity contribution in [2.75, 3.05) is 25.4 Å². The number of carbonyl (C=O) groups excluding carboxylic acids is 1. The molecular formula is C13H18N2O2. The monoisotopic (exact) mass is 234 g/mol. The van der Waals surface area contributed by atoms with Crippen LogP contribution in [0.25, 0.3) is 0 Å². The number of anilines is 1. The van der Waals surface area contributed by atoms with Gasteiger partial charge in [-0.1, -0.05) is 12.1 Å². The van der Waals surface area contributed by atoms with Crippen molar-refractivity contribution in [2.45, 2.75) is 19.4 Å². The Balaban J connectivity index is 1.73. The molecule has 0 spiro atoms. The maximum absolute atomic E-state index is 11.7. The van der Waals surface area contributed by atoms with E-state index in [4.69, 9.17) is 10.5 Å². The zero-order valence-corrected chi connectivity index (χ0v) is 9.89. The third kappa shape index (κ3) is 3.46. The van der Waals surface area contributed by atoms with Gasteiger partial charge in [-0.3, -0.25) is 4.79 Å². The highest BCUT2D eigenvalue weighted by Crippen LogP contribution is 2.09. The van der Waals surface area contributed by atoms with E-state index in [1.54, 1.807) is 0 Å². The second-order valence-electron chi connectivity index (χ2n) is 4.33. The molecule has 1 aliphatic rings. The first-order chi connectivity index (χ1) is 8.25. The molecule has 0 unspecified atom stereocenters. The fourth-order valence-electron chi connectivity index (χ4n) is 2.00. The van der Waals surface area contributed by atoms with Gasteiger partial charge in [-0.05, 0) is 30.5 Å². The third-order valence-electron chi connectivity index (χ3n) is 2.90. The summed E-state index contributed by atoms with van der Waals surface area (Å²) < 4.78 is 5.40. The molecule has 0 saturated carbocycles. The Morgan fingerprint density at radius 2 is 2.12 bits per heavy atom. The summed E-state index contributed by atoms with van der Waals surface area (Å²) in [4.78, 5) is 13.5. The van der Waals surface area contributed by atoms with Crippen LogP contribution in [0.1, 0.15) is 18.4 Å². The minimum absolute atomic E-state index is 0.0893. The molecule has 2 N–H and O–H groups in total. The molecule has 4 nitrogen and oxygen atoms in total. The van der Waals surface area contributed by atoms with Gasteiger partial charge in [-0.15, -0.1) is 0 Å². The highest BCUT2D eigenvalue weighted by atomic mass is 16.5. The topological polar surface area (TPSA) is 55.6 Å². The van der Waals surface area contributed by atoms with Gasteiger partial charge in [-0.2, -0.15) is 0 Å². The standard InChI is InChI=1S/C13H18N2O2/c14-12-5-3-4-11(8-12)9-17-10-13(16)15-6-1-2-7-15/h3-5,8H,1-2,6-7,9-10,14H2. The van der Waals surface area contributed by atoms with E-state index in [2.05, 4.69) is 0 Å². The number of benzene rings is 1. The van der Waals surface area contributed by atoms with Gasteiger partial charge < -0.3 is 15.4 Å². The molecule has 0 aliphatic carbocycles. The predicted octanol–water partition coefficient (Wildman–Crippen LogP) is 1.41. The van der Waals surface area contributed by atoms with E-state index in [0.29, 0.717) is 6.61 Å². The zero-order chi connectivity index (χ0) is 12.1. The molecule has 1 saturated heterocycles. The second kappa shape index (κ2) is 5.68. The third-order valence-corrected chi connectivity index (χ3v) is 2.90. The number of likely N-dealkylation sites (tertiary alicyclic amines) is 1. The summed E-state index contributed by atoms with van der Waals surface area (Å²) in [5.74, 6) is 0.0893. The number of carbonyl (C=O) groups is 1. The van der Waals surface area contributed by atoms with E-state index in [0.717, 1.165) is 37.2 Å². The average molecular weight is 234 g/mol. The highest BCUT2D eigenvalue weighted by molar-refractivity contribution is 5.77. The number of nitrogen functional groups attached to an aromatic ring is 1. The predicted molar refractivity (Wildman–Crippen MR) is 66.3 cm³/mol. The Hall–Kier alpha value is -1.55. The van der Waals surface area contributed by atoms with Gasteiger partial charge in [-0.25, -0.2) is 0 Å². The molecule has 0 atom stereocenters. The molecule has 1 aromatic carbocycles. The van der Waals surface area contributed by atoms with Crippen molar-refractivity contribution in [3.8, 4) is 0 Å².